The molecule has 0 rings (SSSR count). The molecule has 0 aromatic heterocycles. The van der Waals surface area contributed by atoms with Gasteiger partial charge in [-0.1, -0.05) is 19.9 Å². The summed E-state index contributed by atoms with van der Waals surface area (Å²) in [7, 11) is 0. The lowest BCUT2D eigenvalue weighted by Crippen LogP contribution is -2.31. The molecule has 0 fully saturated rings. The van der Waals surface area contributed by atoms with E-state index in [1.165, 1.54) is 6.92 Å². The predicted octanol–water partition coefficient (Wildman–Crippen LogP) is 2.91. The number of hydrogen-bond acceptors (Lipinski definition) is 6. The van der Waals surface area contributed by atoms with Crippen molar-refractivity contribution < 1.29 is 29.1 Å². The minimum atomic E-state index is -1.25. The quantitative estimate of drug-likeness (QED) is 0.241. The first-order valence-electron chi connectivity index (χ1n) is 6.23. The lowest BCUT2D eigenvalue weighted by atomic mass is 10.0. The number of carbonyl (C=O) groups excluding carboxylic acids is 1. The number of ether oxygens (including phenoxy) is 2. The van der Waals surface area contributed by atoms with E-state index in [1.807, 2.05) is 20.8 Å². The summed E-state index contributed by atoms with van der Waals surface area (Å²) >= 11 is 0. The highest BCUT2D eigenvalue weighted by Crippen LogP contribution is 2.19. The summed E-state index contributed by atoms with van der Waals surface area (Å²) in [6.45, 7) is 12.3. The molecule has 6 nitrogen and oxygen atoms in total. The number of carbonyl (C=O) groups is 1. The van der Waals surface area contributed by atoms with Crippen LogP contribution in [0, 0.1) is 0 Å². The van der Waals surface area contributed by atoms with Crippen molar-refractivity contribution in [1.82, 2.24) is 0 Å². The fourth-order valence-corrected chi connectivity index (χ4v) is 1.27. The number of rotatable bonds is 8. The zero-order chi connectivity index (χ0) is 15.1. The maximum Gasteiger partial charge on any atom is 0.513 e. The van der Waals surface area contributed by atoms with Gasteiger partial charge in [0.25, 0.3) is 6.29 Å². The normalized spacial score (nSPS) is 14.6. The van der Waals surface area contributed by atoms with Crippen molar-refractivity contribution >= 4 is 6.16 Å². The van der Waals surface area contributed by atoms with E-state index in [1.54, 1.807) is 6.92 Å². The van der Waals surface area contributed by atoms with Gasteiger partial charge in [-0.15, -0.1) is 0 Å². The van der Waals surface area contributed by atoms with Crippen LogP contribution >= 0.6 is 0 Å². The molecule has 0 aromatic carbocycles. The summed E-state index contributed by atoms with van der Waals surface area (Å²) in [5, 5.41) is 8.89. The zero-order valence-electron chi connectivity index (χ0n) is 12.3. The maximum absolute atomic E-state index is 11.2. The fourth-order valence-electron chi connectivity index (χ4n) is 1.27. The molecule has 112 valence electrons. The molecule has 0 aliphatic rings. The van der Waals surface area contributed by atoms with Gasteiger partial charge in [0, 0.05) is 0 Å². The van der Waals surface area contributed by atoms with Crippen molar-refractivity contribution in [2.24, 2.45) is 0 Å². The van der Waals surface area contributed by atoms with E-state index in [0.717, 1.165) is 12.8 Å². The summed E-state index contributed by atoms with van der Waals surface area (Å²) in [4.78, 5) is 21.5. The Balaban J connectivity index is 4.35. The monoisotopic (exact) mass is 276 g/mol. The Hall–Kier alpha value is -1.11. The Morgan fingerprint density at radius 1 is 1.37 bits per heavy atom. The smallest absolute Gasteiger partial charge is 0.405 e. The second-order valence-corrected chi connectivity index (χ2v) is 4.95. The van der Waals surface area contributed by atoms with Crippen LogP contribution in [0.4, 0.5) is 4.79 Å². The fraction of sp³-hybridized carbons (Fsp3) is 0.769. The van der Waals surface area contributed by atoms with Crippen LogP contribution in [0.25, 0.3) is 0 Å². The Kier molecular flexibility index (Phi) is 7.66. The summed E-state index contributed by atoms with van der Waals surface area (Å²) in [6, 6.07) is 0. The van der Waals surface area contributed by atoms with Crippen molar-refractivity contribution in [1.29, 1.82) is 0 Å². The Labute approximate surface area is 114 Å². The van der Waals surface area contributed by atoms with Gasteiger partial charge in [-0.2, -0.15) is 4.89 Å². The van der Waals surface area contributed by atoms with E-state index in [0.29, 0.717) is 5.57 Å². The van der Waals surface area contributed by atoms with E-state index in [2.05, 4.69) is 11.3 Å². The SMILES string of the molecule is C=C(C)C(OOC(C)(C)CCC)OC(=O)OC(C)O. The van der Waals surface area contributed by atoms with Crippen molar-refractivity contribution in [3.05, 3.63) is 12.2 Å². The van der Waals surface area contributed by atoms with E-state index in [4.69, 9.17) is 19.6 Å². The highest BCUT2D eigenvalue weighted by atomic mass is 17.2. The van der Waals surface area contributed by atoms with Gasteiger partial charge >= 0.3 is 6.16 Å². The molecule has 0 amide bonds. The Morgan fingerprint density at radius 2 is 1.95 bits per heavy atom. The second-order valence-electron chi connectivity index (χ2n) is 4.95. The average Bonchev–Trinajstić information content (AvgIpc) is 2.22. The van der Waals surface area contributed by atoms with Crippen LogP contribution in [-0.2, 0) is 19.2 Å². The third-order valence-electron chi connectivity index (χ3n) is 2.09. The van der Waals surface area contributed by atoms with Crippen LogP contribution in [0.1, 0.15) is 47.5 Å². The Bertz CT molecular complexity index is 298. The summed E-state index contributed by atoms with van der Waals surface area (Å²) in [5.41, 5.74) is -0.0603. The van der Waals surface area contributed by atoms with Gasteiger partial charge < -0.3 is 14.6 Å². The Morgan fingerprint density at radius 3 is 2.37 bits per heavy atom. The van der Waals surface area contributed by atoms with Gasteiger partial charge in [-0.3, -0.25) is 0 Å². The van der Waals surface area contributed by atoms with Crippen LogP contribution in [0.5, 0.6) is 0 Å². The average molecular weight is 276 g/mol. The maximum atomic E-state index is 11.2. The second kappa shape index (κ2) is 8.14. The lowest BCUT2D eigenvalue weighted by Gasteiger charge is -2.26. The third kappa shape index (κ3) is 8.58. The summed E-state index contributed by atoms with van der Waals surface area (Å²) < 4.78 is 9.26. The highest BCUT2D eigenvalue weighted by Gasteiger charge is 2.25. The highest BCUT2D eigenvalue weighted by molar-refractivity contribution is 5.60. The minimum absolute atomic E-state index is 0.440. The first-order valence-corrected chi connectivity index (χ1v) is 6.23. The standard InChI is InChI=1S/C13H24O6/c1-7-8-13(5,6)19-18-11(9(2)3)17-12(15)16-10(4)14/h10-11,14H,2,7-8H2,1,3-6H3. The van der Waals surface area contributed by atoms with Crippen LogP contribution < -0.4 is 0 Å². The number of hydrogen-bond donors (Lipinski definition) is 1. The lowest BCUT2D eigenvalue weighted by molar-refractivity contribution is -0.404. The molecule has 19 heavy (non-hydrogen) atoms. The van der Waals surface area contributed by atoms with Gasteiger partial charge in [0.15, 0.2) is 0 Å². The van der Waals surface area contributed by atoms with Crippen molar-refractivity contribution in [2.75, 3.05) is 0 Å². The molecular formula is C13H24O6. The molecule has 6 heteroatoms. The van der Waals surface area contributed by atoms with E-state index in [9.17, 15) is 4.79 Å². The minimum Gasteiger partial charge on any atom is -0.405 e. The van der Waals surface area contributed by atoms with Gasteiger partial charge in [-0.25, -0.2) is 9.68 Å². The summed E-state index contributed by atoms with van der Waals surface area (Å²) in [6.07, 6.45) is -1.68. The first kappa shape index (κ1) is 17.9. The molecule has 0 aromatic rings. The summed E-state index contributed by atoms with van der Waals surface area (Å²) in [5.74, 6) is 0. The van der Waals surface area contributed by atoms with Gasteiger partial charge in [0.05, 0.1) is 5.60 Å². The van der Waals surface area contributed by atoms with Crippen LogP contribution in [0.15, 0.2) is 12.2 Å². The molecule has 0 aliphatic heterocycles. The zero-order valence-corrected chi connectivity index (χ0v) is 12.3. The van der Waals surface area contributed by atoms with E-state index >= 15 is 0 Å². The van der Waals surface area contributed by atoms with Gasteiger partial charge in [0.2, 0.25) is 6.29 Å². The van der Waals surface area contributed by atoms with Crippen LogP contribution in [0.2, 0.25) is 0 Å². The largest absolute Gasteiger partial charge is 0.513 e. The van der Waals surface area contributed by atoms with Crippen molar-refractivity contribution in [3.63, 3.8) is 0 Å². The molecule has 2 unspecified atom stereocenters. The molecule has 0 spiro atoms. The third-order valence-corrected chi connectivity index (χ3v) is 2.09. The van der Waals surface area contributed by atoms with Crippen molar-refractivity contribution in [3.8, 4) is 0 Å². The first-order chi connectivity index (χ1) is 8.68. The predicted molar refractivity (Wildman–Crippen MR) is 69.0 cm³/mol. The van der Waals surface area contributed by atoms with Crippen LogP contribution in [-0.4, -0.2) is 29.4 Å². The number of aliphatic hydroxyl groups excluding tert-OH is 1. The molecular weight excluding hydrogens is 252 g/mol. The van der Waals surface area contributed by atoms with Gasteiger partial charge in [0.1, 0.15) is 0 Å². The molecule has 0 radical (unpaired) electrons. The number of aliphatic hydroxyl groups is 1. The topological polar surface area (TPSA) is 74.2 Å². The molecule has 0 aliphatic carbocycles. The molecule has 0 saturated heterocycles. The van der Waals surface area contributed by atoms with Crippen LogP contribution in [0.3, 0.4) is 0 Å². The molecule has 2 atom stereocenters. The molecule has 0 bridgehead atoms. The van der Waals surface area contributed by atoms with Gasteiger partial charge in [-0.05, 0) is 39.7 Å². The molecule has 1 N–H and O–H groups in total. The molecule has 0 heterocycles. The van der Waals surface area contributed by atoms with E-state index in [-0.39, 0.29) is 0 Å². The van der Waals surface area contributed by atoms with E-state index < -0.39 is 24.3 Å². The molecule has 0 saturated carbocycles. The van der Waals surface area contributed by atoms with Crippen molar-refractivity contribution in [2.45, 2.75) is 65.6 Å².